The molecule has 0 fully saturated rings. The van der Waals surface area contributed by atoms with Gasteiger partial charge in [0.05, 0.1) is 18.7 Å². The number of aryl methyl sites for hydroxylation is 1. The SMILES string of the molecule is COc1cccc(-c2nc3c(o2)CC(C(=O)O)CC3)c1. The first kappa shape index (κ1) is 12.7. The predicted molar refractivity (Wildman–Crippen MR) is 71.6 cm³/mol. The van der Waals surface area contributed by atoms with Gasteiger partial charge in [0.15, 0.2) is 0 Å². The molecule has 1 aliphatic rings. The van der Waals surface area contributed by atoms with Crippen molar-refractivity contribution in [2.75, 3.05) is 7.11 Å². The zero-order chi connectivity index (χ0) is 14.1. The van der Waals surface area contributed by atoms with E-state index in [1.165, 1.54) is 0 Å². The molecule has 5 heteroatoms. The van der Waals surface area contributed by atoms with Gasteiger partial charge in [-0.3, -0.25) is 4.79 Å². The second-order valence-electron chi connectivity index (χ2n) is 4.90. The van der Waals surface area contributed by atoms with Gasteiger partial charge in [0.25, 0.3) is 0 Å². The minimum Gasteiger partial charge on any atom is -0.497 e. The third-order valence-electron chi connectivity index (χ3n) is 3.61. The molecular formula is C15H15NO4. The summed E-state index contributed by atoms with van der Waals surface area (Å²) >= 11 is 0. The lowest BCUT2D eigenvalue weighted by atomic mass is 9.91. The first-order valence-electron chi connectivity index (χ1n) is 6.53. The van der Waals surface area contributed by atoms with Crippen LogP contribution in [0, 0.1) is 5.92 Å². The van der Waals surface area contributed by atoms with Crippen LogP contribution in [0.4, 0.5) is 0 Å². The molecule has 0 saturated heterocycles. The minimum atomic E-state index is -0.769. The Bertz CT molecular complexity index is 647. The number of methoxy groups -OCH3 is 1. The molecule has 5 nitrogen and oxygen atoms in total. The van der Waals surface area contributed by atoms with E-state index < -0.39 is 5.97 Å². The Kier molecular flexibility index (Phi) is 3.18. The summed E-state index contributed by atoms with van der Waals surface area (Å²) in [6.07, 6.45) is 1.69. The van der Waals surface area contributed by atoms with Crippen molar-refractivity contribution in [1.29, 1.82) is 0 Å². The molecule has 1 aromatic heterocycles. The second-order valence-corrected chi connectivity index (χ2v) is 4.90. The summed E-state index contributed by atoms with van der Waals surface area (Å²) in [6.45, 7) is 0. The van der Waals surface area contributed by atoms with Crippen LogP contribution in [-0.2, 0) is 17.6 Å². The molecule has 20 heavy (non-hydrogen) atoms. The lowest BCUT2D eigenvalue weighted by molar-refractivity contribution is -0.142. The van der Waals surface area contributed by atoms with Crippen molar-refractivity contribution < 1.29 is 19.1 Å². The van der Waals surface area contributed by atoms with E-state index in [1.807, 2.05) is 24.3 Å². The molecule has 1 N–H and O–H groups in total. The average Bonchev–Trinajstić information content (AvgIpc) is 2.90. The normalized spacial score (nSPS) is 17.6. The summed E-state index contributed by atoms with van der Waals surface area (Å²) in [5.41, 5.74) is 1.71. The van der Waals surface area contributed by atoms with E-state index in [9.17, 15) is 4.79 Å². The molecule has 1 atom stereocenters. The quantitative estimate of drug-likeness (QED) is 0.930. The number of aromatic nitrogens is 1. The van der Waals surface area contributed by atoms with Crippen LogP contribution in [0.25, 0.3) is 11.5 Å². The summed E-state index contributed by atoms with van der Waals surface area (Å²) in [5, 5.41) is 9.08. The van der Waals surface area contributed by atoms with Gasteiger partial charge in [0, 0.05) is 12.0 Å². The van der Waals surface area contributed by atoms with Gasteiger partial charge in [0.2, 0.25) is 5.89 Å². The third kappa shape index (κ3) is 2.27. The topological polar surface area (TPSA) is 72.6 Å². The van der Waals surface area contributed by atoms with Gasteiger partial charge < -0.3 is 14.3 Å². The zero-order valence-corrected chi connectivity index (χ0v) is 11.1. The molecular weight excluding hydrogens is 258 g/mol. The second kappa shape index (κ2) is 5.00. The number of nitrogens with zero attached hydrogens (tertiary/aromatic N) is 1. The summed E-state index contributed by atoms with van der Waals surface area (Å²) in [4.78, 5) is 15.5. The number of benzene rings is 1. The van der Waals surface area contributed by atoms with E-state index in [0.29, 0.717) is 30.9 Å². The predicted octanol–water partition coefficient (Wildman–Crippen LogP) is 2.54. The van der Waals surface area contributed by atoms with Gasteiger partial charge in [-0.05, 0) is 31.0 Å². The van der Waals surface area contributed by atoms with E-state index in [1.54, 1.807) is 7.11 Å². The Labute approximate surface area is 116 Å². The van der Waals surface area contributed by atoms with E-state index in [2.05, 4.69) is 4.98 Å². The maximum absolute atomic E-state index is 11.0. The Morgan fingerprint density at radius 2 is 2.35 bits per heavy atom. The van der Waals surface area contributed by atoms with Crippen molar-refractivity contribution in [3.63, 3.8) is 0 Å². The molecule has 0 saturated carbocycles. The van der Waals surface area contributed by atoms with E-state index in [0.717, 1.165) is 17.0 Å². The van der Waals surface area contributed by atoms with Gasteiger partial charge in [-0.1, -0.05) is 6.07 Å². The highest BCUT2D eigenvalue weighted by Crippen LogP contribution is 2.31. The standard InChI is InChI=1S/C15H15NO4/c1-19-11-4-2-3-9(7-11)14-16-12-6-5-10(15(17)18)8-13(12)20-14/h2-4,7,10H,5-6,8H2,1H3,(H,17,18). The average molecular weight is 273 g/mol. The van der Waals surface area contributed by atoms with Crippen LogP contribution in [0.5, 0.6) is 5.75 Å². The molecule has 1 unspecified atom stereocenters. The van der Waals surface area contributed by atoms with Gasteiger partial charge in [-0.15, -0.1) is 0 Å². The number of ether oxygens (including phenoxy) is 1. The fourth-order valence-electron chi connectivity index (χ4n) is 2.47. The number of rotatable bonds is 3. The van der Waals surface area contributed by atoms with Gasteiger partial charge in [-0.2, -0.15) is 0 Å². The smallest absolute Gasteiger partial charge is 0.306 e. The molecule has 0 spiro atoms. The molecule has 104 valence electrons. The van der Waals surface area contributed by atoms with Crippen LogP contribution in [0.15, 0.2) is 28.7 Å². The number of aliphatic carboxylic acids is 1. The van der Waals surface area contributed by atoms with Crippen LogP contribution < -0.4 is 4.74 Å². The van der Waals surface area contributed by atoms with Crippen molar-refractivity contribution in [3.05, 3.63) is 35.7 Å². The Morgan fingerprint density at radius 3 is 3.10 bits per heavy atom. The van der Waals surface area contributed by atoms with Crippen molar-refractivity contribution in [2.24, 2.45) is 5.92 Å². The minimum absolute atomic E-state index is 0.367. The number of carbonyl (C=O) groups is 1. The summed E-state index contributed by atoms with van der Waals surface area (Å²) in [6, 6.07) is 7.48. The largest absolute Gasteiger partial charge is 0.497 e. The molecule has 0 amide bonds. The maximum atomic E-state index is 11.0. The van der Waals surface area contributed by atoms with Crippen LogP contribution in [0.1, 0.15) is 17.9 Å². The highest BCUT2D eigenvalue weighted by atomic mass is 16.5. The lowest BCUT2D eigenvalue weighted by Gasteiger charge is -2.15. The molecule has 1 aromatic carbocycles. The molecule has 0 bridgehead atoms. The first-order valence-corrected chi connectivity index (χ1v) is 6.53. The van der Waals surface area contributed by atoms with Crippen molar-refractivity contribution >= 4 is 5.97 Å². The zero-order valence-electron chi connectivity index (χ0n) is 11.1. The summed E-state index contributed by atoms with van der Waals surface area (Å²) in [5.74, 6) is 0.826. The van der Waals surface area contributed by atoms with Gasteiger partial charge in [0.1, 0.15) is 11.5 Å². The fourth-order valence-corrected chi connectivity index (χ4v) is 2.47. The lowest BCUT2D eigenvalue weighted by Crippen LogP contribution is -2.21. The molecule has 1 heterocycles. The highest BCUT2D eigenvalue weighted by molar-refractivity contribution is 5.70. The number of hydrogen-bond acceptors (Lipinski definition) is 4. The van der Waals surface area contributed by atoms with Crippen LogP contribution in [0.2, 0.25) is 0 Å². The van der Waals surface area contributed by atoms with Crippen molar-refractivity contribution in [3.8, 4) is 17.2 Å². The molecule has 1 aliphatic carbocycles. The fraction of sp³-hybridized carbons (Fsp3) is 0.333. The number of carboxylic acid groups (broad SMARTS) is 1. The number of carboxylic acids is 1. The Hall–Kier alpha value is -2.30. The number of oxazole rings is 1. The number of fused-ring (bicyclic) bond motifs is 1. The number of hydrogen-bond donors (Lipinski definition) is 1. The van der Waals surface area contributed by atoms with Crippen LogP contribution in [0.3, 0.4) is 0 Å². The van der Waals surface area contributed by atoms with Crippen LogP contribution in [-0.4, -0.2) is 23.2 Å². The summed E-state index contributed by atoms with van der Waals surface area (Å²) < 4.78 is 10.9. The van der Waals surface area contributed by atoms with E-state index >= 15 is 0 Å². The highest BCUT2D eigenvalue weighted by Gasteiger charge is 2.28. The van der Waals surface area contributed by atoms with Crippen LogP contribution >= 0.6 is 0 Å². The molecule has 0 radical (unpaired) electrons. The molecule has 0 aliphatic heterocycles. The monoisotopic (exact) mass is 273 g/mol. The molecule has 2 aromatic rings. The molecule has 3 rings (SSSR count). The summed E-state index contributed by atoms with van der Waals surface area (Å²) in [7, 11) is 1.61. The van der Waals surface area contributed by atoms with E-state index in [4.69, 9.17) is 14.3 Å². The Morgan fingerprint density at radius 1 is 1.50 bits per heavy atom. The van der Waals surface area contributed by atoms with Gasteiger partial charge >= 0.3 is 5.97 Å². The van der Waals surface area contributed by atoms with Crippen molar-refractivity contribution in [2.45, 2.75) is 19.3 Å². The van der Waals surface area contributed by atoms with E-state index in [-0.39, 0.29) is 5.92 Å². The third-order valence-corrected chi connectivity index (χ3v) is 3.61. The Balaban J connectivity index is 1.92. The first-order chi connectivity index (χ1) is 9.67. The van der Waals surface area contributed by atoms with Gasteiger partial charge in [-0.25, -0.2) is 4.98 Å². The van der Waals surface area contributed by atoms with Crippen molar-refractivity contribution in [1.82, 2.24) is 4.98 Å². The maximum Gasteiger partial charge on any atom is 0.306 e.